The van der Waals surface area contributed by atoms with Gasteiger partial charge in [-0.1, -0.05) is 40.0 Å². The SMILES string of the molecule is CCCCC[C@H](NC(=O)[C@H](C)CC(=O)[C@@H](NC(=O)[C@@H](N)CC)[C@@H](C)OC(C)(C)C)C(=O)OC. The fourth-order valence-electron chi connectivity index (χ4n) is 3.36. The maximum Gasteiger partial charge on any atom is 0.328 e. The second-order valence-corrected chi connectivity index (χ2v) is 9.59. The molecule has 0 radical (unpaired) electrons. The van der Waals surface area contributed by atoms with Gasteiger partial charge in [-0.25, -0.2) is 4.79 Å². The Labute approximate surface area is 198 Å². The summed E-state index contributed by atoms with van der Waals surface area (Å²) in [4.78, 5) is 50.3. The second kappa shape index (κ2) is 15.0. The summed E-state index contributed by atoms with van der Waals surface area (Å²) in [5.74, 6) is -2.43. The van der Waals surface area contributed by atoms with Gasteiger partial charge in [0, 0.05) is 12.3 Å². The average Bonchev–Trinajstić information content (AvgIpc) is 2.73. The number of ketones is 1. The fraction of sp³-hybridized carbons (Fsp3) is 0.833. The first kappa shape index (κ1) is 31.0. The summed E-state index contributed by atoms with van der Waals surface area (Å²) in [5, 5.41) is 5.39. The standard InChI is InChI=1S/C24H45N3O6/c1-9-11-12-13-18(23(31)32-8)26-21(29)15(3)14-19(28)20(16(4)33-24(5,6)7)27-22(30)17(25)10-2/h15-18,20H,9-14,25H2,1-8H3,(H,26,29)(H,27,30)/t15-,16-,17+,18+,20+/m1/s1. The molecule has 33 heavy (non-hydrogen) atoms. The van der Waals surface area contributed by atoms with E-state index in [9.17, 15) is 19.2 Å². The summed E-state index contributed by atoms with van der Waals surface area (Å²) in [5.41, 5.74) is 5.28. The number of ether oxygens (including phenoxy) is 2. The van der Waals surface area contributed by atoms with Gasteiger partial charge in [-0.3, -0.25) is 14.4 Å². The van der Waals surface area contributed by atoms with E-state index in [0.717, 1.165) is 19.3 Å². The van der Waals surface area contributed by atoms with Gasteiger partial charge in [-0.05, 0) is 40.5 Å². The molecule has 0 aliphatic carbocycles. The zero-order chi connectivity index (χ0) is 25.8. The largest absolute Gasteiger partial charge is 0.467 e. The molecule has 4 N–H and O–H groups in total. The molecule has 0 aliphatic rings. The van der Waals surface area contributed by atoms with E-state index in [-0.39, 0.29) is 12.2 Å². The third kappa shape index (κ3) is 12.1. The highest BCUT2D eigenvalue weighted by molar-refractivity contribution is 5.94. The summed E-state index contributed by atoms with van der Waals surface area (Å²) < 4.78 is 10.7. The van der Waals surface area contributed by atoms with Crippen LogP contribution in [0.3, 0.4) is 0 Å². The number of amides is 2. The lowest BCUT2D eigenvalue weighted by Crippen LogP contribution is -2.54. The summed E-state index contributed by atoms with van der Waals surface area (Å²) in [6.45, 7) is 12.7. The Kier molecular flexibility index (Phi) is 14.1. The average molecular weight is 472 g/mol. The highest BCUT2D eigenvalue weighted by atomic mass is 16.5. The zero-order valence-corrected chi connectivity index (χ0v) is 21.7. The zero-order valence-electron chi connectivity index (χ0n) is 21.7. The van der Waals surface area contributed by atoms with Gasteiger partial charge in [-0.2, -0.15) is 0 Å². The molecule has 0 saturated carbocycles. The number of nitrogens with two attached hydrogens (primary N) is 1. The number of hydrogen-bond acceptors (Lipinski definition) is 7. The third-order valence-electron chi connectivity index (χ3n) is 5.28. The van der Waals surface area contributed by atoms with Crippen molar-refractivity contribution in [3.05, 3.63) is 0 Å². The number of methoxy groups -OCH3 is 1. The molecule has 0 heterocycles. The first-order valence-electron chi connectivity index (χ1n) is 11.9. The smallest absolute Gasteiger partial charge is 0.328 e. The fourth-order valence-corrected chi connectivity index (χ4v) is 3.36. The Morgan fingerprint density at radius 3 is 2.06 bits per heavy atom. The maximum absolute atomic E-state index is 13.1. The first-order chi connectivity index (χ1) is 15.3. The molecule has 0 aromatic carbocycles. The van der Waals surface area contributed by atoms with Crippen molar-refractivity contribution in [3.8, 4) is 0 Å². The van der Waals surface area contributed by atoms with Gasteiger partial charge in [-0.15, -0.1) is 0 Å². The van der Waals surface area contributed by atoms with E-state index in [1.165, 1.54) is 7.11 Å². The molecule has 0 aromatic rings. The number of esters is 1. The summed E-state index contributed by atoms with van der Waals surface area (Å²) in [7, 11) is 1.28. The van der Waals surface area contributed by atoms with E-state index >= 15 is 0 Å². The van der Waals surface area contributed by atoms with Crippen LogP contribution in [0, 0.1) is 5.92 Å². The van der Waals surface area contributed by atoms with Crippen LogP contribution in [-0.4, -0.2) is 60.5 Å². The molecule has 9 heteroatoms. The first-order valence-corrected chi connectivity index (χ1v) is 11.9. The lowest BCUT2D eigenvalue weighted by Gasteiger charge is -2.31. The van der Waals surface area contributed by atoms with Gasteiger partial charge in [0.2, 0.25) is 11.8 Å². The molecule has 0 saturated heterocycles. The molecule has 0 spiro atoms. The number of nitrogens with one attached hydrogen (secondary N) is 2. The molecule has 0 rings (SSSR count). The highest BCUT2D eigenvalue weighted by Crippen LogP contribution is 2.17. The molecule has 0 aromatic heterocycles. The Bertz CT molecular complexity index is 647. The Morgan fingerprint density at radius 1 is 0.970 bits per heavy atom. The van der Waals surface area contributed by atoms with Gasteiger partial charge in [0.1, 0.15) is 12.1 Å². The van der Waals surface area contributed by atoms with Crippen molar-refractivity contribution in [2.75, 3.05) is 7.11 Å². The molecule has 5 atom stereocenters. The Balaban J connectivity index is 5.33. The van der Waals surface area contributed by atoms with Crippen molar-refractivity contribution >= 4 is 23.6 Å². The highest BCUT2D eigenvalue weighted by Gasteiger charge is 2.33. The van der Waals surface area contributed by atoms with Crippen LogP contribution in [0.1, 0.15) is 87.0 Å². The molecular weight excluding hydrogens is 426 g/mol. The number of carbonyl (C=O) groups is 4. The van der Waals surface area contributed by atoms with Crippen LogP contribution in [0.15, 0.2) is 0 Å². The minimum absolute atomic E-state index is 0.126. The van der Waals surface area contributed by atoms with Gasteiger partial charge >= 0.3 is 5.97 Å². The number of Topliss-reactive ketones (excluding diaryl/α,β-unsaturated/α-hetero) is 1. The molecule has 0 aliphatic heterocycles. The molecule has 0 fully saturated rings. The lowest BCUT2D eigenvalue weighted by molar-refractivity contribution is -0.146. The molecule has 0 unspecified atom stereocenters. The van der Waals surface area contributed by atoms with Crippen molar-refractivity contribution in [1.82, 2.24) is 10.6 Å². The summed E-state index contributed by atoms with van der Waals surface area (Å²) in [6, 6.07) is -2.45. The predicted molar refractivity (Wildman–Crippen MR) is 127 cm³/mol. The molecule has 9 nitrogen and oxygen atoms in total. The van der Waals surface area contributed by atoms with E-state index in [0.29, 0.717) is 12.8 Å². The van der Waals surface area contributed by atoms with Gasteiger partial charge in [0.15, 0.2) is 5.78 Å². The predicted octanol–water partition coefficient (Wildman–Crippen LogP) is 2.25. The third-order valence-corrected chi connectivity index (χ3v) is 5.28. The van der Waals surface area contributed by atoms with Crippen molar-refractivity contribution in [2.24, 2.45) is 11.7 Å². The van der Waals surface area contributed by atoms with Crippen LogP contribution in [0.25, 0.3) is 0 Å². The molecule has 192 valence electrons. The van der Waals surface area contributed by atoms with Crippen LogP contribution in [0.2, 0.25) is 0 Å². The summed E-state index contributed by atoms with van der Waals surface area (Å²) >= 11 is 0. The van der Waals surface area contributed by atoms with E-state index < -0.39 is 53.5 Å². The van der Waals surface area contributed by atoms with Crippen molar-refractivity contribution in [2.45, 2.75) is 117 Å². The quantitative estimate of drug-likeness (QED) is 0.246. The van der Waals surface area contributed by atoms with E-state index in [4.69, 9.17) is 15.2 Å². The Hall–Kier alpha value is -2.00. The minimum atomic E-state index is -0.953. The van der Waals surface area contributed by atoms with Crippen LogP contribution in [-0.2, 0) is 28.7 Å². The van der Waals surface area contributed by atoms with Crippen molar-refractivity contribution < 1.29 is 28.7 Å². The van der Waals surface area contributed by atoms with Gasteiger partial charge < -0.3 is 25.8 Å². The number of unbranched alkanes of at least 4 members (excludes halogenated alkanes) is 2. The van der Waals surface area contributed by atoms with Crippen molar-refractivity contribution in [1.29, 1.82) is 0 Å². The van der Waals surface area contributed by atoms with Crippen LogP contribution >= 0.6 is 0 Å². The van der Waals surface area contributed by atoms with Crippen LogP contribution in [0.4, 0.5) is 0 Å². The van der Waals surface area contributed by atoms with Crippen molar-refractivity contribution in [3.63, 3.8) is 0 Å². The minimum Gasteiger partial charge on any atom is -0.467 e. The molecular formula is C24H45N3O6. The van der Waals surface area contributed by atoms with E-state index in [2.05, 4.69) is 10.6 Å². The van der Waals surface area contributed by atoms with Gasteiger partial charge in [0.05, 0.1) is 24.9 Å². The second-order valence-electron chi connectivity index (χ2n) is 9.59. The van der Waals surface area contributed by atoms with Crippen LogP contribution in [0.5, 0.6) is 0 Å². The molecule has 2 amide bonds. The number of hydrogen-bond donors (Lipinski definition) is 3. The molecule has 0 bridgehead atoms. The topological polar surface area (TPSA) is 137 Å². The van der Waals surface area contributed by atoms with E-state index in [1.807, 2.05) is 27.7 Å². The lowest BCUT2D eigenvalue weighted by atomic mass is 9.95. The summed E-state index contributed by atoms with van der Waals surface area (Å²) in [6.07, 6.45) is 2.83. The van der Waals surface area contributed by atoms with Gasteiger partial charge in [0.25, 0.3) is 0 Å². The normalized spacial score (nSPS) is 16.2. The Morgan fingerprint density at radius 2 is 1.58 bits per heavy atom. The van der Waals surface area contributed by atoms with Crippen LogP contribution < -0.4 is 16.4 Å². The number of carbonyl (C=O) groups excluding carboxylic acids is 4. The number of rotatable bonds is 15. The maximum atomic E-state index is 13.1. The monoisotopic (exact) mass is 471 g/mol. The van der Waals surface area contributed by atoms with E-state index in [1.54, 1.807) is 20.8 Å².